The normalized spacial score (nSPS) is 33.5. The molecule has 1 fully saturated rings. The summed E-state index contributed by atoms with van der Waals surface area (Å²) in [4.78, 5) is 0. The second-order valence-corrected chi connectivity index (χ2v) is 4.41. The lowest BCUT2D eigenvalue weighted by atomic mass is 9.81. The monoisotopic (exact) mass is 175 g/mol. The molecule has 1 aliphatic heterocycles. The van der Waals surface area contributed by atoms with Gasteiger partial charge in [0.15, 0.2) is 0 Å². The molecular formula is C12H17N. The Morgan fingerprint density at radius 3 is 2.54 bits per heavy atom. The molecule has 0 radical (unpaired) electrons. The van der Waals surface area contributed by atoms with Crippen molar-refractivity contribution in [1.29, 1.82) is 0 Å². The van der Waals surface area contributed by atoms with E-state index < -0.39 is 0 Å². The van der Waals surface area contributed by atoms with Crippen molar-refractivity contribution in [2.45, 2.75) is 31.7 Å². The van der Waals surface area contributed by atoms with Crippen LogP contribution >= 0.6 is 0 Å². The fourth-order valence-electron chi connectivity index (χ4n) is 2.28. The zero-order chi connectivity index (χ0) is 9.31. The van der Waals surface area contributed by atoms with E-state index in [-0.39, 0.29) is 0 Å². The van der Waals surface area contributed by atoms with E-state index in [0.717, 1.165) is 6.54 Å². The fraction of sp³-hybridized carbons (Fsp3) is 0.500. The highest BCUT2D eigenvalue weighted by Crippen LogP contribution is 2.32. The zero-order valence-corrected chi connectivity index (χ0v) is 8.38. The Hall–Kier alpha value is -0.820. The van der Waals surface area contributed by atoms with Crippen LogP contribution in [0.15, 0.2) is 30.3 Å². The predicted octanol–water partition coefficient (Wildman–Crippen LogP) is 2.33. The van der Waals surface area contributed by atoms with E-state index >= 15 is 0 Å². The Morgan fingerprint density at radius 1 is 1.31 bits per heavy atom. The molecule has 2 rings (SSSR count). The van der Waals surface area contributed by atoms with E-state index in [9.17, 15) is 0 Å². The summed E-state index contributed by atoms with van der Waals surface area (Å²) in [5.41, 5.74) is 1.81. The summed E-state index contributed by atoms with van der Waals surface area (Å²) >= 11 is 0. The highest BCUT2D eigenvalue weighted by Gasteiger charge is 2.33. The third-order valence-electron chi connectivity index (χ3n) is 3.07. The molecule has 1 nitrogen and oxygen atoms in total. The molecule has 1 aromatic carbocycles. The molecule has 70 valence electrons. The molecule has 0 amide bonds. The van der Waals surface area contributed by atoms with E-state index in [0.29, 0.717) is 11.5 Å². The minimum atomic E-state index is 0.348. The summed E-state index contributed by atoms with van der Waals surface area (Å²) in [5, 5.41) is 3.51. The molecule has 0 aliphatic carbocycles. The maximum absolute atomic E-state index is 3.51. The first kappa shape index (κ1) is 8.76. The minimum absolute atomic E-state index is 0.348. The second kappa shape index (κ2) is 3.15. The Labute approximate surface area is 80.2 Å². The average Bonchev–Trinajstić information content (AvgIpc) is 2.49. The molecule has 1 saturated heterocycles. The smallest absolute Gasteiger partial charge is 0.00642 e. The van der Waals surface area contributed by atoms with Gasteiger partial charge in [0.05, 0.1) is 0 Å². The number of hydrogen-bond donors (Lipinski definition) is 1. The van der Waals surface area contributed by atoms with Crippen LogP contribution in [-0.2, 0) is 5.41 Å². The molecule has 1 N–H and O–H groups in total. The molecular weight excluding hydrogens is 158 g/mol. The van der Waals surface area contributed by atoms with Crippen LogP contribution in [0.5, 0.6) is 0 Å². The topological polar surface area (TPSA) is 12.0 Å². The molecule has 1 aromatic rings. The van der Waals surface area contributed by atoms with Crippen molar-refractivity contribution in [2.24, 2.45) is 0 Å². The lowest BCUT2D eigenvalue weighted by Crippen LogP contribution is -2.24. The second-order valence-electron chi connectivity index (χ2n) is 4.41. The first-order chi connectivity index (χ1) is 6.21. The Kier molecular flexibility index (Phi) is 2.12. The van der Waals surface area contributed by atoms with Crippen molar-refractivity contribution in [2.75, 3.05) is 6.54 Å². The number of benzene rings is 1. The summed E-state index contributed by atoms with van der Waals surface area (Å²) in [7, 11) is 0. The maximum atomic E-state index is 3.51. The maximum Gasteiger partial charge on any atom is 0.00642 e. The van der Waals surface area contributed by atoms with E-state index in [2.05, 4.69) is 49.5 Å². The van der Waals surface area contributed by atoms with Crippen LogP contribution in [0, 0.1) is 0 Å². The SMILES string of the molecule is C[C@@H]1CC(C)(c2ccccc2)CN1. The molecule has 2 atom stereocenters. The van der Waals surface area contributed by atoms with Crippen molar-refractivity contribution < 1.29 is 0 Å². The van der Waals surface area contributed by atoms with Gasteiger partial charge >= 0.3 is 0 Å². The van der Waals surface area contributed by atoms with Gasteiger partial charge in [0.2, 0.25) is 0 Å². The largest absolute Gasteiger partial charge is 0.313 e. The Bertz CT molecular complexity index is 280. The highest BCUT2D eigenvalue weighted by molar-refractivity contribution is 5.26. The first-order valence-electron chi connectivity index (χ1n) is 5.00. The molecule has 1 unspecified atom stereocenters. The van der Waals surface area contributed by atoms with Crippen LogP contribution in [0.25, 0.3) is 0 Å². The van der Waals surface area contributed by atoms with E-state index in [4.69, 9.17) is 0 Å². The van der Waals surface area contributed by atoms with E-state index in [1.807, 2.05) is 0 Å². The van der Waals surface area contributed by atoms with Crippen LogP contribution in [0.4, 0.5) is 0 Å². The molecule has 1 heterocycles. The van der Waals surface area contributed by atoms with Crippen LogP contribution in [-0.4, -0.2) is 12.6 Å². The van der Waals surface area contributed by atoms with Gasteiger partial charge in [0.25, 0.3) is 0 Å². The van der Waals surface area contributed by atoms with Crippen molar-refractivity contribution >= 4 is 0 Å². The molecule has 0 saturated carbocycles. The number of nitrogens with one attached hydrogen (secondary N) is 1. The molecule has 13 heavy (non-hydrogen) atoms. The number of hydrogen-bond acceptors (Lipinski definition) is 1. The highest BCUT2D eigenvalue weighted by atomic mass is 15.0. The summed E-state index contributed by atoms with van der Waals surface area (Å²) in [6, 6.07) is 11.5. The summed E-state index contributed by atoms with van der Waals surface area (Å²) < 4.78 is 0. The van der Waals surface area contributed by atoms with Crippen molar-refractivity contribution in [1.82, 2.24) is 5.32 Å². The van der Waals surface area contributed by atoms with E-state index in [1.54, 1.807) is 0 Å². The lowest BCUT2D eigenvalue weighted by molar-refractivity contribution is 0.513. The van der Waals surface area contributed by atoms with Crippen LogP contribution < -0.4 is 5.32 Å². The quantitative estimate of drug-likeness (QED) is 0.690. The van der Waals surface area contributed by atoms with Crippen LogP contribution in [0.1, 0.15) is 25.8 Å². The number of rotatable bonds is 1. The first-order valence-corrected chi connectivity index (χ1v) is 5.00. The van der Waals surface area contributed by atoms with Crippen LogP contribution in [0.2, 0.25) is 0 Å². The lowest BCUT2D eigenvalue weighted by Gasteiger charge is -2.23. The molecule has 1 heteroatoms. The summed E-state index contributed by atoms with van der Waals surface area (Å²) in [6.45, 7) is 5.71. The van der Waals surface area contributed by atoms with E-state index in [1.165, 1.54) is 12.0 Å². The Balaban J connectivity index is 2.26. The molecule has 0 spiro atoms. The van der Waals surface area contributed by atoms with Gasteiger partial charge in [0.1, 0.15) is 0 Å². The standard InChI is InChI=1S/C12H17N/c1-10-8-12(2,9-13-10)11-6-4-3-5-7-11/h3-7,10,13H,8-9H2,1-2H3/t10-,12?/m1/s1. The van der Waals surface area contributed by atoms with Gasteiger partial charge in [-0.2, -0.15) is 0 Å². The van der Waals surface area contributed by atoms with Gasteiger partial charge in [-0.05, 0) is 18.9 Å². The van der Waals surface area contributed by atoms with Gasteiger partial charge in [0, 0.05) is 18.0 Å². The van der Waals surface area contributed by atoms with Gasteiger partial charge in [-0.3, -0.25) is 0 Å². The predicted molar refractivity (Wildman–Crippen MR) is 55.9 cm³/mol. The van der Waals surface area contributed by atoms with Gasteiger partial charge in [-0.1, -0.05) is 37.3 Å². The van der Waals surface area contributed by atoms with Crippen molar-refractivity contribution in [3.05, 3.63) is 35.9 Å². The van der Waals surface area contributed by atoms with Crippen LogP contribution in [0.3, 0.4) is 0 Å². The van der Waals surface area contributed by atoms with Crippen molar-refractivity contribution in [3.8, 4) is 0 Å². The van der Waals surface area contributed by atoms with Gasteiger partial charge in [-0.25, -0.2) is 0 Å². The molecule has 0 aromatic heterocycles. The molecule has 0 bridgehead atoms. The summed E-state index contributed by atoms with van der Waals surface area (Å²) in [6.07, 6.45) is 1.25. The zero-order valence-electron chi connectivity index (χ0n) is 8.38. The third kappa shape index (κ3) is 1.61. The van der Waals surface area contributed by atoms with Crippen molar-refractivity contribution in [3.63, 3.8) is 0 Å². The van der Waals surface area contributed by atoms with Gasteiger partial charge < -0.3 is 5.32 Å². The Morgan fingerprint density at radius 2 is 2.00 bits per heavy atom. The fourth-order valence-corrected chi connectivity index (χ4v) is 2.28. The summed E-state index contributed by atoms with van der Waals surface area (Å²) in [5.74, 6) is 0. The molecule has 1 aliphatic rings. The van der Waals surface area contributed by atoms with Gasteiger partial charge in [-0.15, -0.1) is 0 Å². The third-order valence-corrected chi connectivity index (χ3v) is 3.07. The average molecular weight is 175 g/mol. The minimum Gasteiger partial charge on any atom is -0.313 e.